The molecule has 2 heterocycles. The second kappa shape index (κ2) is 3.94. The zero-order valence-corrected chi connectivity index (χ0v) is 10.1. The van der Waals surface area contributed by atoms with Crippen LogP contribution in [-0.4, -0.2) is 14.6 Å². The predicted octanol–water partition coefficient (Wildman–Crippen LogP) is 1.35. The molecule has 0 atom stereocenters. The van der Waals surface area contributed by atoms with E-state index in [2.05, 4.69) is 10.1 Å². The van der Waals surface area contributed by atoms with Crippen molar-refractivity contribution in [3.63, 3.8) is 0 Å². The average Bonchev–Trinajstić information content (AvgIpc) is 2.87. The molecule has 0 spiro atoms. The SMILES string of the molecule is O=c1/c(=C/c2ccc(Cl)cc2)sc2ncnn12. The minimum atomic E-state index is -0.141. The fourth-order valence-electron chi connectivity index (χ4n) is 1.49. The van der Waals surface area contributed by atoms with Crippen LogP contribution < -0.4 is 10.1 Å². The van der Waals surface area contributed by atoms with E-state index in [9.17, 15) is 4.79 Å². The van der Waals surface area contributed by atoms with Crippen molar-refractivity contribution in [3.05, 3.63) is 56.1 Å². The standard InChI is InChI=1S/C11H6ClN3OS/c12-8-3-1-7(2-4-8)5-9-10(16)15-11(17-9)13-6-14-15/h1-6H/b9-5-. The Hall–Kier alpha value is -1.72. The van der Waals surface area contributed by atoms with Gasteiger partial charge in [-0.1, -0.05) is 35.1 Å². The lowest BCUT2D eigenvalue weighted by Crippen LogP contribution is -2.23. The van der Waals surface area contributed by atoms with Gasteiger partial charge in [0.1, 0.15) is 6.33 Å². The monoisotopic (exact) mass is 263 g/mol. The molecular formula is C11H6ClN3OS. The summed E-state index contributed by atoms with van der Waals surface area (Å²) in [6, 6.07) is 7.29. The van der Waals surface area contributed by atoms with E-state index in [1.165, 1.54) is 22.2 Å². The van der Waals surface area contributed by atoms with Crippen LogP contribution in [0.3, 0.4) is 0 Å². The highest BCUT2D eigenvalue weighted by Crippen LogP contribution is 2.10. The molecule has 0 bridgehead atoms. The number of aromatic nitrogens is 3. The van der Waals surface area contributed by atoms with Gasteiger partial charge in [0.2, 0.25) is 4.96 Å². The fourth-order valence-corrected chi connectivity index (χ4v) is 2.50. The van der Waals surface area contributed by atoms with Crippen LogP contribution in [0.4, 0.5) is 0 Å². The summed E-state index contributed by atoms with van der Waals surface area (Å²) in [4.78, 5) is 16.5. The van der Waals surface area contributed by atoms with Gasteiger partial charge in [-0.15, -0.1) is 0 Å². The quantitative estimate of drug-likeness (QED) is 0.666. The smallest absolute Gasteiger partial charge is 0.266 e. The van der Waals surface area contributed by atoms with Gasteiger partial charge in [0, 0.05) is 5.02 Å². The Morgan fingerprint density at radius 3 is 2.76 bits per heavy atom. The van der Waals surface area contributed by atoms with E-state index >= 15 is 0 Å². The number of halogens is 1. The van der Waals surface area contributed by atoms with Crippen LogP contribution in [0.25, 0.3) is 11.0 Å². The predicted molar refractivity (Wildman–Crippen MR) is 67.4 cm³/mol. The van der Waals surface area contributed by atoms with Crippen molar-refractivity contribution in [3.8, 4) is 0 Å². The van der Waals surface area contributed by atoms with Gasteiger partial charge in [-0.05, 0) is 23.8 Å². The molecular weight excluding hydrogens is 258 g/mol. The first-order chi connectivity index (χ1) is 8.24. The summed E-state index contributed by atoms with van der Waals surface area (Å²) in [5.74, 6) is 0. The largest absolute Gasteiger partial charge is 0.291 e. The molecule has 0 radical (unpaired) electrons. The Kier molecular flexibility index (Phi) is 2.42. The molecule has 0 saturated carbocycles. The zero-order chi connectivity index (χ0) is 11.8. The molecule has 0 aliphatic carbocycles. The van der Waals surface area contributed by atoms with E-state index < -0.39 is 0 Å². The van der Waals surface area contributed by atoms with Crippen LogP contribution in [0.5, 0.6) is 0 Å². The summed E-state index contributed by atoms with van der Waals surface area (Å²) >= 11 is 7.11. The summed E-state index contributed by atoms with van der Waals surface area (Å²) in [6.45, 7) is 0. The van der Waals surface area contributed by atoms with E-state index in [4.69, 9.17) is 11.6 Å². The Balaban J connectivity index is 2.20. The normalized spacial score (nSPS) is 12.4. The molecule has 0 saturated heterocycles. The number of thiazole rings is 1. The molecule has 2 aromatic heterocycles. The molecule has 0 amide bonds. The van der Waals surface area contributed by atoms with E-state index in [0.29, 0.717) is 14.5 Å². The molecule has 0 aliphatic heterocycles. The average molecular weight is 264 g/mol. The van der Waals surface area contributed by atoms with Crippen molar-refractivity contribution in [1.82, 2.24) is 14.6 Å². The third-order valence-corrected chi connectivity index (χ3v) is 3.51. The number of nitrogens with zero attached hydrogens (tertiary/aromatic N) is 3. The first kappa shape index (κ1) is 10.4. The second-order valence-corrected chi connectivity index (χ2v) is 4.87. The van der Waals surface area contributed by atoms with Crippen molar-refractivity contribution in [2.45, 2.75) is 0 Å². The van der Waals surface area contributed by atoms with E-state index in [1.807, 2.05) is 12.1 Å². The van der Waals surface area contributed by atoms with Gasteiger partial charge >= 0.3 is 0 Å². The van der Waals surface area contributed by atoms with Gasteiger partial charge in [0.25, 0.3) is 5.56 Å². The topological polar surface area (TPSA) is 47.3 Å². The molecule has 1 aromatic carbocycles. The van der Waals surface area contributed by atoms with Crippen molar-refractivity contribution in [1.29, 1.82) is 0 Å². The van der Waals surface area contributed by atoms with Crippen LogP contribution in [0.2, 0.25) is 5.02 Å². The minimum absolute atomic E-state index is 0.141. The van der Waals surface area contributed by atoms with E-state index in [1.54, 1.807) is 18.2 Å². The Morgan fingerprint density at radius 1 is 1.29 bits per heavy atom. The van der Waals surface area contributed by atoms with Crippen LogP contribution >= 0.6 is 22.9 Å². The molecule has 0 N–H and O–H groups in total. The molecule has 4 nitrogen and oxygen atoms in total. The van der Waals surface area contributed by atoms with Crippen molar-refractivity contribution >= 4 is 34.0 Å². The Labute approximate surface area is 105 Å². The Morgan fingerprint density at radius 2 is 2.06 bits per heavy atom. The fraction of sp³-hybridized carbons (Fsp3) is 0. The molecule has 0 aliphatic rings. The van der Waals surface area contributed by atoms with Crippen LogP contribution in [0.1, 0.15) is 5.56 Å². The molecule has 0 fully saturated rings. The third kappa shape index (κ3) is 1.83. The molecule has 0 unspecified atom stereocenters. The first-order valence-electron chi connectivity index (χ1n) is 4.84. The summed E-state index contributed by atoms with van der Waals surface area (Å²) in [7, 11) is 0. The molecule has 84 valence electrons. The maximum absolute atomic E-state index is 11.9. The number of hydrogen-bond donors (Lipinski definition) is 0. The highest BCUT2D eigenvalue weighted by Gasteiger charge is 2.04. The lowest BCUT2D eigenvalue weighted by atomic mass is 10.2. The van der Waals surface area contributed by atoms with Gasteiger partial charge in [0.05, 0.1) is 4.53 Å². The lowest BCUT2D eigenvalue weighted by molar-refractivity contribution is 0.932. The summed E-state index contributed by atoms with van der Waals surface area (Å²) < 4.78 is 1.91. The highest BCUT2D eigenvalue weighted by atomic mass is 35.5. The van der Waals surface area contributed by atoms with Crippen molar-refractivity contribution < 1.29 is 0 Å². The second-order valence-electron chi connectivity index (χ2n) is 3.42. The summed E-state index contributed by atoms with van der Waals surface area (Å²) in [5, 5.41) is 4.53. The van der Waals surface area contributed by atoms with Crippen molar-refractivity contribution in [2.24, 2.45) is 0 Å². The number of benzene rings is 1. The Bertz CT molecular complexity index is 775. The van der Waals surface area contributed by atoms with Crippen molar-refractivity contribution in [2.75, 3.05) is 0 Å². The van der Waals surface area contributed by atoms with Crippen LogP contribution in [-0.2, 0) is 0 Å². The van der Waals surface area contributed by atoms with Crippen LogP contribution in [0, 0.1) is 0 Å². The first-order valence-corrected chi connectivity index (χ1v) is 6.03. The number of hydrogen-bond acceptors (Lipinski definition) is 4. The summed E-state index contributed by atoms with van der Waals surface area (Å²) in [6.07, 6.45) is 3.18. The third-order valence-electron chi connectivity index (χ3n) is 2.29. The molecule has 3 rings (SSSR count). The van der Waals surface area contributed by atoms with E-state index in [-0.39, 0.29) is 5.56 Å². The maximum Gasteiger partial charge on any atom is 0.291 e. The zero-order valence-electron chi connectivity index (χ0n) is 8.50. The number of rotatable bonds is 1. The van der Waals surface area contributed by atoms with Gasteiger partial charge in [0.15, 0.2) is 0 Å². The molecule has 3 aromatic rings. The minimum Gasteiger partial charge on any atom is -0.266 e. The summed E-state index contributed by atoms with van der Waals surface area (Å²) in [5.41, 5.74) is 0.786. The van der Waals surface area contributed by atoms with Gasteiger partial charge in [-0.25, -0.2) is 4.98 Å². The number of fused-ring (bicyclic) bond motifs is 1. The maximum atomic E-state index is 11.9. The highest BCUT2D eigenvalue weighted by molar-refractivity contribution is 7.15. The van der Waals surface area contributed by atoms with E-state index in [0.717, 1.165) is 5.56 Å². The van der Waals surface area contributed by atoms with Gasteiger partial charge in [-0.3, -0.25) is 4.79 Å². The molecule has 17 heavy (non-hydrogen) atoms. The van der Waals surface area contributed by atoms with Gasteiger partial charge < -0.3 is 0 Å². The van der Waals surface area contributed by atoms with Crippen LogP contribution in [0.15, 0.2) is 35.4 Å². The molecule has 6 heteroatoms. The van der Waals surface area contributed by atoms with Gasteiger partial charge in [-0.2, -0.15) is 9.61 Å². The lowest BCUT2D eigenvalue weighted by Gasteiger charge is -1.91.